The van der Waals surface area contributed by atoms with Crippen molar-refractivity contribution < 1.29 is 0 Å². The Balaban J connectivity index is 0.896. The molecule has 0 atom stereocenters. The molecule has 0 saturated carbocycles. The van der Waals surface area contributed by atoms with E-state index in [4.69, 9.17) is 10.2 Å². The van der Waals surface area contributed by atoms with E-state index in [-0.39, 0.29) is 0 Å². The van der Waals surface area contributed by atoms with Gasteiger partial charge in [-0.2, -0.15) is 0 Å². The summed E-state index contributed by atoms with van der Waals surface area (Å²) in [5, 5.41) is 14.8. The van der Waals surface area contributed by atoms with Crippen LogP contribution in [0.4, 0.5) is 0 Å². The van der Waals surface area contributed by atoms with Gasteiger partial charge in [-0.25, -0.2) is 0 Å². The molecule has 3 aromatic heterocycles. The number of para-hydroxylation sites is 5. The van der Waals surface area contributed by atoms with Crippen LogP contribution < -0.4 is 0 Å². The summed E-state index contributed by atoms with van der Waals surface area (Å²) >= 11 is 0. The Morgan fingerprint density at radius 1 is 0.230 bits per heavy atom. The molecule has 286 valence electrons. The van der Waals surface area contributed by atoms with E-state index in [0.717, 1.165) is 62.1 Å². The fraction of sp³-hybridized carbons (Fsp3) is 0. The molecule has 0 N–H and O–H groups in total. The number of hydrogen-bond donors (Lipinski definition) is 0. The Kier molecular flexibility index (Phi) is 8.10. The van der Waals surface area contributed by atoms with Crippen LogP contribution in [0.25, 0.3) is 106 Å². The van der Waals surface area contributed by atoms with Gasteiger partial charge in [0, 0.05) is 49.7 Å². The van der Waals surface area contributed by atoms with Crippen molar-refractivity contribution in [1.29, 1.82) is 0 Å². The van der Waals surface area contributed by atoms with Gasteiger partial charge in [-0.05, 0) is 95.1 Å². The van der Waals surface area contributed by atoms with Gasteiger partial charge in [-0.15, -0.1) is 10.2 Å². The maximum absolute atomic E-state index is 4.88. The summed E-state index contributed by atoms with van der Waals surface area (Å²) < 4.78 is 6.88. The Labute approximate surface area is 352 Å². The topological polar surface area (TPSA) is 40.6 Å². The Morgan fingerprint density at radius 2 is 0.557 bits per heavy atom. The van der Waals surface area contributed by atoms with Gasteiger partial charge in [0.15, 0.2) is 11.6 Å². The second-order valence-corrected chi connectivity index (χ2v) is 15.5. The minimum Gasteiger partial charge on any atom is -0.309 e. The minimum atomic E-state index is 0.783. The lowest BCUT2D eigenvalue weighted by Crippen LogP contribution is -2.00. The quantitative estimate of drug-likeness (QED) is 0.162. The molecule has 0 amide bonds. The normalized spacial score (nSPS) is 11.6. The highest BCUT2D eigenvalue weighted by molar-refractivity contribution is 6.10. The molecule has 0 spiro atoms. The molecule has 61 heavy (non-hydrogen) atoms. The molecular formula is C56H37N5. The van der Waals surface area contributed by atoms with E-state index < -0.39 is 0 Å². The van der Waals surface area contributed by atoms with Gasteiger partial charge in [-0.3, -0.25) is 4.57 Å². The summed E-state index contributed by atoms with van der Waals surface area (Å²) in [5.41, 5.74) is 14.5. The van der Waals surface area contributed by atoms with Crippen LogP contribution in [-0.2, 0) is 0 Å². The van der Waals surface area contributed by atoms with Crippen LogP contribution in [0.5, 0.6) is 0 Å². The fourth-order valence-electron chi connectivity index (χ4n) is 9.16. The summed E-state index contributed by atoms with van der Waals surface area (Å²) in [5.74, 6) is 1.57. The highest BCUT2D eigenvalue weighted by Gasteiger charge is 2.19. The average Bonchev–Trinajstić information content (AvgIpc) is 4.03. The van der Waals surface area contributed by atoms with Crippen LogP contribution >= 0.6 is 0 Å². The second kappa shape index (κ2) is 14.2. The highest BCUT2D eigenvalue weighted by Crippen LogP contribution is 2.36. The van der Waals surface area contributed by atoms with Gasteiger partial charge in [0.2, 0.25) is 0 Å². The lowest BCUT2D eigenvalue weighted by Gasteiger charge is -2.13. The van der Waals surface area contributed by atoms with Gasteiger partial charge in [-0.1, -0.05) is 152 Å². The van der Waals surface area contributed by atoms with E-state index in [0.29, 0.717) is 0 Å². The predicted molar refractivity (Wildman–Crippen MR) is 252 cm³/mol. The molecule has 12 rings (SSSR count). The van der Waals surface area contributed by atoms with Crippen molar-refractivity contribution in [2.45, 2.75) is 0 Å². The van der Waals surface area contributed by atoms with Crippen molar-refractivity contribution in [3.05, 3.63) is 224 Å². The smallest absolute Gasteiger partial charge is 0.168 e. The van der Waals surface area contributed by atoms with E-state index in [1.54, 1.807) is 0 Å². The SMILES string of the molecule is c1ccc(-n2c(-c3cccc(-c4ccc(-n5c6ccccc6c6ccccc65)cc4)c3)nnc2-c2cccc(-c3ccc(-n4c5ccccc5c5ccccc54)cc3)c2)cc1. The van der Waals surface area contributed by atoms with Gasteiger partial charge >= 0.3 is 0 Å². The molecule has 0 aliphatic heterocycles. The Morgan fingerprint density at radius 3 is 0.951 bits per heavy atom. The molecule has 9 aromatic carbocycles. The molecule has 5 heteroatoms. The van der Waals surface area contributed by atoms with Crippen molar-refractivity contribution in [2.75, 3.05) is 0 Å². The molecule has 0 unspecified atom stereocenters. The maximum atomic E-state index is 4.88. The molecule has 0 bridgehead atoms. The molecule has 5 nitrogen and oxygen atoms in total. The van der Waals surface area contributed by atoms with E-state index in [2.05, 4.69) is 232 Å². The second-order valence-electron chi connectivity index (χ2n) is 15.5. The number of nitrogens with zero attached hydrogens (tertiary/aromatic N) is 5. The van der Waals surface area contributed by atoms with Crippen molar-refractivity contribution in [3.8, 4) is 62.1 Å². The van der Waals surface area contributed by atoms with Crippen molar-refractivity contribution in [3.63, 3.8) is 0 Å². The van der Waals surface area contributed by atoms with Gasteiger partial charge in [0.25, 0.3) is 0 Å². The van der Waals surface area contributed by atoms with Crippen LogP contribution in [0.15, 0.2) is 224 Å². The molecule has 0 saturated heterocycles. The third-order valence-electron chi connectivity index (χ3n) is 12.0. The lowest BCUT2D eigenvalue weighted by molar-refractivity contribution is 1.07. The highest BCUT2D eigenvalue weighted by atomic mass is 15.3. The average molecular weight is 780 g/mol. The van der Waals surface area contributed by atoms with Crippen LogP contribution in [-0.4, -0.2) is 23.9 Å². The van der Waals surface area contributed by atoms with E-state index >= 15 is 0 Å². The largest absolute Gasteiger partial charge is 0.309 e. The zero-order valence-corrected chi connectivity index (χ0v) is 33.1. The maximum Gasteiger partial charge on any atom is 0.168 e. The first kappa shape index (κ1) is 34.7. The van der Waals surface area contributed by atoms with Crippen LogP contribution in [0, 0.1) is 0 Å². The first-order chi connectivity index (χ1) is 30.3. The molecule has 0 fully saturated rings. The van der Waals surface area contributed by atoms with E-state index in [1.165, 1.54) is 43.6 Å². The standard InChI is InChI=1S/C56H37N5/c1-2-18-44(19-3-1)61-55(42-16-12-14-40(36-42)38-28-32-45(33-29-38)59-51-24-8-4-20-47(51)48-21-5-9-25-52(48)59)57-58-56(61)43-17-13-15-41(37-43)39-30-34-46(35-31-39)60-53-26-10-6-22-49(53)50-23-7-11-27-54(50)60/h1-37H. The number of rotatable bonds is 7. The van der Waals surface area contributed by atoms with Gasteiger partial charge in [0.1, 0.15) is 0 Å². The molecule has 0 radical (unpaired) electrons. The van der Waals surface area contributed by atoms with Crippen LogP contribution in [0.2, 0.25) is 0 Å². The molecule has 12 aromatic rings. The number of hydrogen-bond acceptors (Lipinski definition) is 2. The van der Waals surface area contributed by atoms with Crippen LogP contribution in [0.1, 0.15) is 0 Å². The van der Waals surface area contributed by atoms with Crippen molar-refractivity contribution >= 4 is 43.6 Å². The van der Waals surface area contributed by atoms with Crippen molar-refractivity contribution in [2.24, 2.45) is 0 Å². The fourth-order valence-corrected chi connectivity index (χ4v) is 9.16. The Bertz CT molecular complexity index is 3250. The predicted octanol–water partition coefficient (Wildman–Crippen LogP) is 14.1. The minimum absolute atomic E-state index is 0.783. The lowest BCUT2D eigenvalue weighted by atomic mass is 10.0. The van der Waals surface area contributed by atoms with Gasteiger partial charge in [0.05, 0.1) is 22.1 Å². The summed E-state index contributed by atoms with van der Waals surface area (Å²) in [6, 6.07) is 79.9. The summed E-state index contributed by atoms with van der Waals surface area (Å²) in [6.07, 6.45) is 0. The molecule has 0 aliphatic rings. The van der Waals surface area contributed by atoms with Crippen LogP contribution in [0.3, 0.4) is 0 Å². The first-order valence-corrected chi connectivity index (χ1v) is 20.7. The molecule has 0 aliphatic carbocycles. The van der Waals surface area contributed by atoms with Crippen molar-refractivity contribution in [1.82, 2.24) is 23.9 Å². The summed E-state index contributed by atoms with van der Waals surface area (Å²) in [7, 11) is 0. The number of aromatic nitrogens is 5. The molecular weight excluding hydrogens is 743 g/mol. The Hall–Kier alpha value is -8.28. The van der Waals surface area contributed by atoms with E-state index in [9.17, 15) is 0 Å². The third-order valence-corrected chi connectivity index (χ3v) is 12.0. The number of fused-ring (bicyclic) bond motifs is 6. The third kappa shape index (κ3) is 5.78. The first-order valence-electron chi connectivity index (χ1n) is 20.7. The zero-order valence-electron chi connectivity index (χ0n) is 33.1. The summed E-state index contributed by atoms with van der Waals surface area (Å²) in [4.78, 5) is 0. The number of benzene rings is 9. The molecule has 3 heterocycles. The van der Waals surface area contributed by atoms with Gasteiger partial charge < -0.3 is 9.13 Å². The zero-order chi connectivity index (χ0) is 40.3. The van der Waals surface area contributed by atoms with E-state index in [1.807, 2.05) is 6.07 Å². The monoisotopic (exact) mass is 779 g/mol. The summed E-state index contributed by atoms with van der Waals surface area (Å²) in [6.45, 7) is 0.